The van der Waals surface area contributed by atoms with Crippen molar-refractivity contribution in [2.75, 3.05) is 11.5 Å². The molecule has 0 bridgehead atoms. The maximum absolute atomic E-state index is 6.32. The summed E-state index contributed by atoms with van der Waals surface area (Å²) < 4.78 is 37.5. The Bertz CT molecular complexity index is 2050. The highest BCUT2D eigenvalue weighted by Crippen LogP contribution is 2.42. The molecule has 0 amide bonds. The lowest BCUT2D eigenvalue weighted by atomic mass is 10.2. The van der Waals surface area contributed by atoms with Crippen LogP contribution in [0.4, 0.5) is 11.4 Å². The number of hydrogen-bond acceptors (Lipinski definition) is 8. The van der Waals surface area contributed by atoms with Crippen LogP contribution in [-0.4, -0.2) is 0 Å². The molecule has 0 unspecified atom stereocenters. The number of ether oxygens (including phenoxy) is 6. The number of hydrogen-bond donors (Lipinski definition) is 2. The maximum Gasteiger partial charge on any atom is 0.170 e. The minimum atomic E-state index is 0.505. The molecule has 50 heavy (non-hydrogen) atoms. The standard InChI is InChI=1S/C42H32N2O6/c43-29-20-24-31(25-21-29)45-35-12-1-5-16-39(35)49-41-18-7-3-14-37(41)47-33-10-9-11-34(28-33)48-38-15-4-8-19-42(38)50-40-17-6-2-13-36(40)46-32-26-22-30(44)23-27-32/h1-28H,43-44H2. The number of benzene rings is 7. The molecular formula is C42H32N2O6. The molecule has 0 fully saturated rings. The third-order valence-electron chi connectivity index (χ3n) is 7.31. The van der Waals surface area contributed by atoms with Crippen LogP contribution in [-0.2, 0) is 0 Å². The molecule has 0 radical (unpaired) electrons. The zero-order valence-corrected chi connectivity index (χ0v) is 26.8. The van der Waals surface area contributed by atoms with Gasteiger partial charge in [-0.2, -0.15) is 0 Å². The first kappa shape index (κ1) is 31.5. The highest BCUT2D eigenvalue weighted by molar-refractivity contribution is 5.53. The Morgan fingerprint density at radius 3 is 0.800 bits per heavy atom. The lowest BCUT2D eigenvalue weighted by molar-refractivity contribution is 0.388. The van der Waals surface area contributed by atoms with E-state index in [9.17, 15) is 0 Å². The molecular weight excluding hydrogens is 628 g/mol. The molecule has 246 valence electrons. The normalized spacial score (nSPS) is 10.6. The average molecular weight is 661 g/mol. The van der Waals surface area contributed by atoms with Crippen molar-refractivity contribution in [1.82, 2.24) is 0 Å². The molecule has 0 saturated carbocycles. The van der Waals surface area contributed by atoms with Gasteiger partial charge in [0.15, 0.2) is 46.0 Å². The van der Waals surface area contributed by atoms with E-state index in [1.807, 2.05) is 115 Å². The average Bonchev–Trinajstić information content (AvgIpc) is 3.14. The van der Waals surface area contributed by atoms with Crippen molar-refractivity contribution in [2.45, 2.75) is 0 Å². The predicted octanol–water partition coefficient (Wildman–Crippen LogP) is 11.6. The van der Waals surface area contributed by atoms with Gasteiger partial charge in [-0.3, -0.25) is 0 Å². The second-order valence-corrected chi connectivity index (χ2v) is 11.0. The van der Waals surface area contributed by atoms with Gasteiger partial charge in [-0.15, -0.1) is 0 Å². The smallest absolute Gasteiger partial charge is 0.170 e. The highest BCUT2D eigenvalue weighted by Gasteiger charge is 2.14. The van der Waals surface area contributed by atoms with E-state index >= 15 is 0 Å². The summed E-state index contributed by atoms with van der Waals surface area (Å²) in [7, 11) is 0. The minimum absolute atomic E-state index is 0.505. The van der Waals surface area contributed by atoms with Crippen molar-refractivity contribution in [3.8, 4) is 69.0 Å². The van der Waals surface area contributed by atoms with Crippen LogP contribution in [0.15, 0.2) is 170 Å². The van der Waals surface area contributed by atoms with Crippen LogP contribution in [0, 0.1) is 0 Å². The quantitative estimate of drug-likeness (QED) is 0.125. The molecule has 7 rings (SSSR count). The molecule has 0 atom stereocenters. The summed E-state index contributed by atoms with van der Waals surface area (Å²) in [5.74, 6) is 6.53. The molecule has 0 aliphatic rings. The van der Waals surface area contributed by atoms with Crippen LogP contribution in [0.1, 0.15) is 0 Å². The Balaban J connectivity index is 1.07. The summed E-state index contributed by atoms with van der Waals surface area (Å²) in [5, 5.41) is 0. The zero-order valence-electron chi connectivity index (χ0n) is 26.8. The van der Waals surface area contributed by atoms with Crippen LogP contribution in [0.2, 0.25) is 0 Å². The van der Waals surface area contributed by atoms with Gasteiger partial charge in [-0.05, 0) is 109 Å². The second-order valence-electron chi connectivity index (χ2n) is 11.0. The Hall–Kier alpha value is -7.06. The number of anilines is 2. The lowest BCUT2D eigenvalue weighted by Crippen LogP contribution is -1.94. The summed E-state index contributed by atoms with van der Waals surface area (Å²) in [5.41, 5.74) is 13.0. The molecule has 8 heteroatoms. The fraction of sp³-hybridized carbons (Fsp3) is 0. The van der Waals surface area contributed by atoms with Gasteiger partial charge in [-0.25, -0.2) is 0 Å². The van der Waals surface area contributed by atoms with Gasteiger partial charge in [0, 0.05) is 17.4 Å². The van der Waals surface area contributed by atoms with Gasteiger partial charge in [0.25, 0.3) is 0 Å². The van der Waals surface area contributed by atoms with E-state index in [2.05, 4.69) is 0 Å². The van der Waals surface area contributed by atoms with Crippen molar-refractivity contribution >= 4 is 11.4 Å². The third kappa shape index (κ3) is 7.90. The van der Waals surface area contributed by atoms with E-state index in [4.69, 9.17) is 39.9 Å². The van der Waals surface area contributed by atoms with E-state index in [0.29, 0.717) is 80.4 Å². The number of rotatable bonds is 12. The van der Waals surface area contributed by atoms with E-state index < -0.39 is 0 Å². The third-order valence-corrected chi connectivity index (χ3v) is 7.31. The zero-order chi connectivity index (χ0) is 34.1. The van der Waals surface area contributed by atoms with Crippen LogP contribution in [0.5, 0.6) is 69.0 Å². The van der Waals surface area contributed by atoms with Gasteiger partial charge in [0.2, 0.25) is 0 Å². The van der Waals surface area contributed by atoms with Crippen LogP contribution in [0.3, 0.4) is 0 Å². The summed E-state index contributed by atoms with van der Waals surface area (Å²) in [6.07, 6.45) is 0. The van der Waals surface area contributed by atoms with Gasteiger partial charge < -0.3 is 39.9 Å². The van der Waals surface area contributed by atoms with Crippen molar-refractivity contribution in [3.05, 3.63) is 170 Å². The van der Waals surface area contributed by atoms with E-state index in [1.165, 1.54) is 0 Å². The largest absolute Gasteiger partial charge is 0.453 e. The molecule has 0 aromatic heterocycles. The van der Waals surface area contributed by atoms with E-state index in [-0.39, 0.29) is 0 Å². The molecule has 0 heterocycles. The molecule has 4 N–H and O–H groups in total. The van der Waals surface area contributed by atoms with Gasteiger partial charge in [-0.1, -0.05) is 54.6 Å². The van der Waals surface area contributed by atoms with Crippen molar-refractivity contribution in [3.63, 3.8) is 0 Å². The molecule has 0 aliphatic carbocycles. The van der Waals surface area contributed by atoms with Gasteiger partial charge >= 0.3 is 0 Å². The summed E-state index contributed by atoms with van der Waals surface area (Å²) in [6.45, 7) is 0. The van der Waals surface area contributed by atoms with Crippen LogP contribution in [0.25, 0.3) is 0 Å². The van der Waals surface area contributed by atoms with Crippen LogP contribution >= 0.6 is 0 Å². The summed E-state index contributed by atoms with van der Waals surface area (Å²) in [6, 6.07) is 51.4. The monoisotopic (exact) mass is 660 g/mol. The summed E-state index contributed by atoms with van der Waals surface area (Å²) in [4.78, 5) is 0. The Labute approximate surface area is 289 Å². The number of nitrogens with two attached hydrogens (primary N) is 2. The first-order valence-corrected chi connectivity index (χ1v) is 15.8. The van der Waals surface area contributed by atoms with E-state index in [0.717, 1.165) is 0 Å². The van der Waals surface area contributed by atoms with E-state index in [1.54, 1.807) is 54.6 Å². The fourth-order valence-electron chi connectivity index (χ4n) is 4.89. The predicted molar refractivity (Wildman–Crippen MR) is 194 cm³/mol. The molecule has 7 aromatic carbocycles. The highest BCUT2D eigenvalue weighted by atomic mass is 16.6. The minimum Gasteiger partial charge on any atom is -0.453 e. The fourth-order valence-corrected chi connectivity index (χ4v) is 4.89. The van der Waals surface area contributed by atoms with Gasteiger partial charge in [0.05, 0.1) is 0 Å². The molecule has 0 aliphatic heterocycles. The topological polar surface area (TPSA) is 107 Å². The Kier molecular flexibility index (Phi) is 9.33. The molecule has 7 aromatic rings. The Morgan fingerprint density at radius 2 is 0.500 bits per heavy atom. The Morgan fingerprint density at radius 1 is 0.240 bits per heavy atom. The van der Waals surface area contributed by atoms with Crippen molar-refractivity contribution in [2.24, 2.45) is 0 Å². The SMILES string of the molecule is Nc1ccc(Oc2ccccc2Oc2ccccc2Oc2cccc(Oc3ccccc3Oc3ccccc3Oc3ccc(N)cc3)c2)cc1. The van der Waals surface area contributed by atoms with Gasteiger partial charge in [0.1, 0.15) is 23.0 Å². The molecule has 0 saturated heterocycles. The molecule has 8 nitrogen and oxygen atoms in total. The van der Waals surface area contributed by atoms with Crippen molar-refractivity contribution in [1.29, 1.82) is 0 Å². The number of para-hydroxylation sites is 8. The number of nitrogen functional groups attached to an aromatic ring is 2. The first-order chi connectivity index (χ1) is 24.6. The molecule has 0 spiro atoms. The second kappa shape index (κ2) is 14.8. The maximum atomic E-state index is 6.32. The lowest BCUT2D eigenvalue weighted by Gasteiger charge is -2.16. The summed E-state index contributed by atoms with van der Waals surface area (Å²) >= 11 is 0. The van der Waals surface area contributed by atoms with Crippen LogP contribution < -0.4 is 39.9 Å². The first-order valence-electron chi connectivity index (χ1n) is 15.8. The van der Waals surface area contributed by atoms with Crippen molar-refractivity contribution < 1.29 is 28.4 Å².